The Hall–Kier alpha value is -4.04. The molecule has 3 aromatic carbocycles. The lowest BCUT2D eigenvalue weighted by Gasteiger charge is -2.10. The number of amides is 1. The van der Waals surface area contributed by atoms with Crippen LogP contribution in [0.4, 0.5) is 5.13 Å². The molecule has 4 rings (SSSR count). The number of carbonyl (C=O) groups is 1. The Morgan fingerprint density at radius 3 is 2.49 bits per heavy atom. The Morgan fingerprint density at radius 1 is 1.08 bits per heavy atom. The molecule has 1 amide bonds. The average Bonchev–Trinajstić information content (AvgIpc) is 3.31. The lowest BCUT2D eigenvalue weighted by atomic mass is 10.1. The van der Waals surface area contributed by atoms with E-state index in [0.717, 1.165) is 11.1 Å². The molecular weight excluding hydrogens is 532 g/mol. The van der Waals surface area contributed by atoms with Gasteiger partial charge in [0.25, 0.3) is 5.91 Å². The van der Waals surface area contributed by atoms with Gasteiger partial charge in [0.15, 0.2) is 0 Å². The first-order valence-electron chi connectivity index (χ1n) is 10.8. The number of carbonyl (C=O) groups excluding carboxylic acids is 1. The average molecular weight is 551 g/mol. The zero-order valence-electron chi connectivity index (χ0n) is 19.4. The third kappa shape index (κ3) is 6.80. The van der Waals surface area contributed by atoms with Gasteiger partial charge in [0, 0.05) is 17.0 Å². The van der Waals surface area contributed by atoms with Crippen LogP contribution in [-0.2, 0) is 21.3 Å². The van der Waals surface area contributed by atoms with Gasteiger partial charge in [0.1, 0.15) is 27.3 Å². The molecule has 0 radical (unpaired) electrons. The summed E-state index contributed by atoms with van der Waals surface area (Å²) in [6.45, 7) is 1.84. The van der Waals surface area contributed by atoms with Gasteiger partial charge in [0.05, 0.1) is 0 Å². The third-order valence-corrected chi connectivity index (χ3v) is 7.39. The summed E-state index contributed by atoms with van der Waals surface area (Å²) in [5.74, 6) is -0.738. The van der Waals surface area contributed by atoms with E-state index >= 15 is 0 Å². The molecule has 4 aromatic rings. The lowest BCUT2D eigenvalue weighted by molar-refractivity contribution is -0.112. The van der Waals surface area contributed by atoms with Gasteiger partial charge in [-0.2, -0.15) is 13.7 Å². The summed E-state index contributed by atoms with van der Waals surface area (Å²) >= 11 is 7.09. The fourth-order valence-corrected chi connectivity index (χ4v) is 5.02. The van der Waals surface area contributed by atoms with Crippen molar-refractivity contribution in [1.29, 1.82) is 5.26 Å². The second-order valence-electron chi connectivity index (χ2n) is 7.82. The Balaban J connectivity index is 1.50. The van der Waals surface area contributed by atoms with E-state index in [1.807, 2.05) is 25.1 Å². The molecule has 0 saturated carbocycles. The van der Waals surface area contributed by atoms with Crippen LogP contribution in [0.1, 0.15) is 21.7 Å². The number of anilines is 1. The molecule has 186 valence electrons. The molecule has 0 aliphatic carbocycles. The van der Waals surface area contributed by atoms with E-state index in [0.29, 0.717) is 16.5 Å². The van der Waals surface area contributed by atoms with Crippen LogP contribution in [0.15, 0.2) is 83.3 Å². The molecule has 11 heteroatoms. The Labute approximate surface area is 223 Å². The van der Waals surface area contributed by atoms with Crippen LogP contribution in [-0.4, -0.2) is 24.5 Å². The van der Waals surface area contributed by atoms with Gasteiger partial charge in [-0.3, -0.25) is 10.1 Å². The van der Waals surface area contributed by atoms with Crippen LogP contribution < -0.4 is 9.50 Å². The van der Waals surface area contributed by atoms with E-state index in [2.05, 4.69) is 15.5 Å². The van der Waals surface area contributed by atoms with Crippen LogP contribution >= 0.6 is 22.9 Å². The molecule has 0 atom stereocenters. The number of aryl methyl sites for hydroxylation is 1. The minimum absolute atomic E-state index is 0.0131. The predicted octanol–water partition coefficient (Wildman–Crippen LogP) is 5.40. The number of nitrogens with zero attached hydrogens (tertiary/aromatic N) is 3. The van der Waals surface area contributed by atoms with Crippen molar-refractivity contribution in [3.8, 4) is 11.8 Å². The monoisotopic (exact) mass is 550 g/mol. The Morgan fingerprint density at radius 2 is 1.78 bits per heavy atom. The molecule has 1 aromatic heterocycles. The molecule has 0 bridgehead atoms. The number of hydrogen-bond donors (Lipinski definition) is 1. The van der Waals surface area contributed by atoms with Crippen LogP contribution in [0.2, 0.25) is 5.02 Å². The number of para-hydroxylation sites is 1. The van der Waals surface area contributed by atoms with E-state index in [1.54, 1.807) is 42.5 Å². The molecule has 1 N–H and O–H groups in total. The first-order chi connectivity index (χ1) is 17.7. The Kier molecular flexibility index (Phi) is 7.98. The molecule has 1 heterocycles. The van der Waals surface area contributed by atoms with E-state index in [-0.39, 0.29) is 26.9 Å². The molecule has 0 aliphatic heterocycles. The van der Waals surface area contributed by atoms with Gasteiger partial charge >= 0.3 is 10.1 Å². The quantitative estimate of drug-likeness (QED) is 0.177. The van der Waals surface area contributed by atoms with Crippen molar-refractivity contribution in [3.63, 3.8) is 0 Å². The predicted molar refractivity (Wildman–Crippen MR) is 142 cm³/mol. The van der Waals surface area contributed by atoms with Gasteiger partial charge < -0.3 is 4.18 Å². The maximum atomic E-state index is 12.8. The van der Waals surface area contributed by atoms with Crippen LogP contribution in [0.3, 0.4) is 0 Å². The first kappa shape index (κ1) is 26.0. The summed E-state index contributed by atoms with van der Waals surface area (Å²) in [6, 6.07) is 21.6. The summed E-state index contributed by atoms with van der Waals surface area (Å²) in [5.41, 5.74) is 1.86. The lowest BCUT2D eigenvalue weighted by Crippen LogP contribution is -2.13. The summed E-state index contributed by atoms with van der Waals surface area (Å²) in [6.07, 6.45) is 1.76. The standard InChI is InChI=1S/C26H19ClN4O4S2/c1-17-6-12-22(13-7-17)37(33,34)35-23-5-3-2-4-19(23)15-20(16-28)25(32)29-26-31-30-24(36-26)14-18-8-10-21(27)11-9-18/h2-13,15H,14H2,1H3,(H,29,31,32)/b20-15+. The van der Waals surface area contributed by atoms with E-state index in [4.69, 9.17) is 15.8 Å². The van der Waals surface area contributed by atoms with Crippen LogP contribution in [0.25, 0.3) is 6.08 Å². The normalized spacial score (nSPS) is 11.5. The van der Waals surface area contributed by atoms with Crippen molar-refractivity contribution in [2.45, 2.75) is 18.2 Å². The summed E-state index contributed by atoms with van der Waals surface area (Å²) in [4.78, 5) is 12.8. The fourth-order valence-electron chi connectivity index (χ4n) is 3.17. The van der Waals surface area contributed by atoms with E-state index < -0.39 is 16.0 Å². The van der Waals surface area contributed by atoms with Gasteiger partial charge in [-0.25, -0.2) is 0 Å². The first-order valence-corrected chi connectivity index (χ1v) is 13.4. The maximum absolute atomic E-state index is 12.8. The smallest absolute Gasteiger partial charge is 0.339 e. The number of nitriles is 1. The number of rotatable bonds is 8. The number of hydrogen-bond acceptors (Lipinski definition) is 8. The van der Waals surface area contributed by atoms with Gasteiger partial charge in [-0.15, -0.1) is 10.2 Å². The fraction of sp³-hybridized carbons (Fsp3) is 0.0769. The van der Waals surface area contributed by atoms with E-state index in [9.17, 15) is 18.5 Å². The highest BCUT2D eigenvalue weighted by molar-refractivity contribution is 7.87. The second kappa shape index (κ2) is 11.3. The molecule has 0 saturated heterocycles. The molecule has 37 heavy (non-hydrogen) atoms. The molecule has 0 aliphatic rings. The Bertz CT molecular complexity index is 1610. The van der Waals surface area contributed by atoms with Crippen LogP contribution in [0.5, 0.6) is 5.75 Å². The highest BCUT2D eigenvalue weighted by atomic mass is 35.5. The molecule has 8 nitrogen and oxygen atoms in total. The van der Waals surface area contributed by atoms with Gasteiger partial charge in [-0.05, 0) is 48.9 Å². The molecule has 0 unspecified atom stereocenters. The zero-order valence-corrected chi connectivity index (χ0v) is 21.8. The van der Waals surface area contributed by atoms with Crippen molar-refractivity contribution in [3.05, 3.63) is 105 Å². The third-order valence-electron chi connectivity index (χ3n) is 5.05. The summed E-state index contributed by atoms with van der Waals surface area (Å²) in [5, 5.41) is 21.7. The molecule has 0 fully saturated rings. The van der Waals surface area contributed by atoms with Crippen LogP contribution in [0, 0.1) is 18.3 Å². The number of halogens is 1. The van der Waals surface area contributed by atoms with Gasteiger partial charge in [0.2, 0.25) is 5.13 Å². The van der Waals surface area contributed by atoms with Crippen molar-refractivity contribution >= 4 is 50.2 Å². The van der Waals surface area contributed by atoms with E-state index in [1.165, 1.54) is 35.6 Å². The van der Waals surface area contributed by atoms with Crippen molar-refractivity contribution in [1.82, 2.24) is 10.2 Å². The highest BCUT2D eigenvalue weighted by Crippen LogP contribution is 2.26. The largest absolute Gasteiger partial charge is 0.378 e. The minimum Gasteiger partial charge on any atom is -0.378 e. The SMILES string of the molecule is Cc1ccc(S(=O)(=O)Oc2ccccc2/C=C(\C#N)C(=O)Nc2nnc(Cc3ccc(Cl)cc3)s2)cc1. The van der Waals surface area contributed by atoms with Crippen molar-refractivity contribution < 1.29 is 17.4 Å². The second-order valence-corrected chi connectivity index (χ2v) is 10.9. The zero-order chi connectivity index (χ0) is 26.4. The van der Waals surface area contributed by atoms with Gasteiger partial charge in [-0.1, -0.05) is 71.0 Å². The number of benzene rings is 3. The highest BCUT2D eigenvalue weighted by Gasteiger charge is 2.19. The minimum atomic E-state index is -4.13. The summed E-state index contributed by atoms with van der Waals surface area (Å²) in [7, 11) is -4.13. The summed E-state index contributed by atoms with van der Waals surface area (Å²) < 4.78 is 30.8. The topological polar surface area (TPSA) is 122 Å². The van der Waals surface area contributed by atoms with Crippen molar-refractivity contribution in [2.75, 3.05) is 5.32 Å². The maximum Gasteiger partial charge on any atom is 0.339 e. The molecular formula is C26H19ClN4O4S2. The van der Waals surface area contributed by atoms with Crippen molar-refractivity contribution in [2.24, 2.45) is 0 Å². The number of nitrogens with one attached hydrogen (secondary N) is 1. The molecule has 0 spiro atoms. The number of aromatic nitrogens is 2.